The summed E-state index contributed by atoms with van der Waals surface area (Å²) in [6.45, 7) is 5.06. The van der Waals surface area contributed by atoms with Crippen LogP contribution in [0, 0.1) is 5.92 Å². The quantitative estimate of drug-likeness (QED) is 0.777. The molecule has 0 saturated carbocycles. The fraction of sp³-hybridized carbons (Fsp3) is 0.400. The van der Waals surface area contributed by atoms with E-state index in [-0.39, 0.29) is 0 Å². The van der Waals surface area contributed by atoms with Crippen molar-refractivity contribution in [3.8, 4) is 0 Å². The zero-order valence-electron chi connectivity index (χ0n) is 12.2. The molecule has 0 amide bonds. The van der Waals surface area contributed by atoms with Crippen molar-refractivity contribution in [3.63, 3.8) is 0 Å². The van der Waals surface area contributed by atoms with E-state index in [1.807, 2.05) is 39.7 Å². The summed E-state index contributed by atoms with van der Waals surface area (Å²) < 4.78 is 3.75. The van der Waals surface area contributed by atoms with Gasteiger partial charge in [0.05, 0.1) is 5.69 Å². The molecule has 0 spiro atoms. The van der Waals surface area contributed by atoms with Crippen molar-refractivity contribution in [3.05, 3.63) is 48.4 Å². The average Bonchev–Trinajstić information content (AvgIpc) is 3.05. The lowest BCUT2D eigenvalue weighted by Gasteiger charge is -2.10. The van der Waals surface area contributed by atoms with Crippen LogP contribution in [0.1, 0.15) is 31.5 Å². The lowest BCUT2D eigenvalue weighted by atomic mass is 10.2. The maximum atomic E-state index is 10.4. The standard InChI is InChI=1S/C15H19N5O/c1-11(2)8-20-15(16-10-17-20)7-13(21)12-9-19-6-4-3-5-14(19)18-12/h3-6,9-11,13,21H,7-8H2,1-2H3. The van der Waals surface area contributed by atoms with Gasteiger partial charge in [-0.05, 0) is 18.1 Å². The normalized spacial score (nSPS) is 13.1. The van der Waals surface area contributed by atoms with E-state index in [9.17, 15) is 5.11 Å². The molecule has 3 rings (SSSR count). The largest absolute Gasteiger partial charge is 0.386 e. The number of aromatic nitrogens is 5. The number of aliphatic hydroxyl groups excluding tert-OH is 1. The number of fused-ring (bicyclic) bond motifs is 1. The lowest BCUT2D eigenvalue weighted by molar-refractivity contribution is 0.169. The minimum absolute atomic E-state index is 0.413. The maximum absolute atomic E-state index is 10.4. The second-order valence-electron chi connectivity index (χ2n) is 5.60. The Bertz CT molecular complexity index is 697. The van der Waals surface area contributed by atoms with E-state index in [1.165, 1.54) is 6.33 Å². The Balaban J connectivity index is 1.79. The van der Waals surface area contributed by atoms with E-state index >= 15 is 0 Å². The number of hydrogen-bond acceptors (Lipinski definition) is 4. The maximum Gasteiger partial charge on any atom is 0.138 e. The molecule has 3 heterocycles. The van der Waals surface area contributed by atoms with Gasteiger partial charge in [-0.15, -0.1) is 0 Å². The fourth-order valence-corrected chi connectivity index (χ4v) is 2.34. The van der Waals surface area contributed by atoms with Crippen molar-refractivity contribution in [2.24, 2.45) is 5.92 Å². The molecule has 6 heteroatoms. The first kappa shape index (κ1) is 13.8. The summed E-state index contributed by atoms with van der Waals surface area (Å²) in [7, 11) is 0. The highest BCUT2D eigenvalue weighted by atomic mass is 16.3. The number of rotatable bonds is 5. The summed E-state index contributed by atoms with van der Waals surface area (Å²) in [6, 6.07) is 5.78. The van der Waals surface area contributed by atoms with Gasteiger partial charge in [-0.3, -0.25) is 0 Å². The Labute approximate surface area is 123 Å². The minimum Gasteiger partial charge on any atom is -0.386 e. The molecular weight excluding hydrogens is 266 g/mol. The van der Waals surface area contributed by atoms with Gasteiger partial charge in [0.15, 0.2) is 0 Å². The van der Waals surface area contributed by atoms with Gasteiger partial charge >= 0.3 is 0 Å². The highest BCUT2D eigenvalue weighted by Gasteiger charge is 2.16. The molecule has 1 N–H and O–H groups in total. The number of pyridine rings is 1. The SMILES string of the molecule is CC(C)Cn1ncnc1CC(O)c1cn2ccccc2n1. The highest BCUT2D eigenvalue weighted by Crippen LogP contribution is 2.17. The first-order valence-corrected chi connectivity index (χ1v) is 7.12. The van der Waals surface area contributed by atoms with Gasteiger partial charge < -0.3 is 9.51 Å². The van der Waals surface area contributed by atoms with Crippen LogP contribution in [0.4, 0.5) is 0 Å². The topological polar surface area (TPSA) is 68.2 Å². The predicted molar refractivity (Wildman–Crippen MR) is 78.7 cm³/mol. The predicted octanol–water partition coefficient (Wildman–Crippen LogP) is 1.86. The second-order valence-corrected chi connectivity index (χ2v) is 5.60. The number of nitrogens with zero attached hydrogens (tertiary/aromatic N) is 5. The molecule has 0 radical (unpaired) electrons. The van der Waals surface area contributed by atoms with E-state index in [2.05, 4.69) is 28.9 Å². The third-order valence-electron chi connectivity index (χ3n) is 3.33. The van der Waals surface area contributed by atoms with Gasteiger partial charge in [0.1, 0.15) is 23.9 Å². The van der Waals surface area contributed by atoms with Gasteiger partial charge in [0, 0.05) is 25.4 Å². The third kappa shape index (κ3) is 2.95. The lowest BCUT2D eigenvalue weighted by Crippen LogP contribution is -2.13. The van der Waals surface area contributed by atoms with Crippen LogP contribution in [-0.4, -0.2) is 29.3 Å². The summed E-state index contributed by atoms with van der Waals surface area (Å²) in [5.74, 6) is 1.27. The van der Waals surface area contributed by atoms with Crippen molar-refractivity contribution in [2.45, 2.75) is 32.9 Å². The Morgan fingerprint density at radius 2 is 2.14 bits per heavy atom. The second kappa shape index (κ2) is 5.65. The van der Waals surface area contributed by atoms with Crippen molar-refractivity contribution in [2.75, 3.05) is 0 Å². The third-order valence-corrected chi connectivity index (χ3v) is 3.33. The summed E-state index contributed by atoms with van der Waals surface area (Å²) in [4.78, 5) is 8.69. The van der Waals surface area contributed by atoms with E-state index in [4.69, 9.17) is 0 Å². The molecule has 0 bridgehead atoms. The van der Waals surface area contributed by atoms with Crippen LogP contribution in [0.15, 0.2) is 36.9 Å². The van der Waals surface area contributed by atoms with E-state index < -0.39 is 6.10 Å². The monoisotopic (exact) mass is 285 g/mol. The Kier molecular flexibility index (Phi) is 3.70. The van der Waals surface area contributed by atoms with Crippen LogP contribution >= 0.6 is 0 Å². The summed E-state index contributed by atoms with van der Waals surface area (Å²) >= 11 is 0. The Morgan fingerprint density at radius 1 is 1.29 bits per heavy atom. The first-order valence-electron chi connectivity index (χ1n) is 7.12. The average molecular weight is 285 g/mol. The molecule has 110 valence electrons. The molecule has 1 atom stereocenters. The van der Waals surface area contributed by atoms with Crippen LogP contribution in [-0.2, 0) is 13.0 Å². The van der Waals surface area contributed by atoms with Crippen LogP contribution in [0.5, 0.6) is 0 Å². The van der Waals surface area contributed by atoms with Crippen molar-refractivity contribution in [1.82, 2.24) is 24.1 Å². The molecule has 0 aliphatic heterocycles. The molecule has 21 heavy (non-hydrogen) atoms. The first-order chi connectivity index (χ1) is 10.1. The molecule has 3 aromatic rings. The Morgan fingerprint density at radius 3 is 2.90 bits per heavy atom. The van der Waals surface area contributed by atoms with Gasteiger partial charge in [-0.2, -0.15) is 5.10 Å². The molecular formula is C15H19N5O. The number of hydrogen-bond donors (Lipinski definition) is 1. The van der Waals surface area contributed by atoms with Crippen LogP contribution in [0.25, 0.3) is 5.65 Å². The fourth-order valence-electron chi connectivity index (χ4n) is 2.34. The van der Waals surface area contributed by atoms with Gasteiger partial charge in [0.2, 0.25) is 0 Å². The minimum atomic E-state index is -0.681. The zero-order valence-corrected chi connectivity index (χ0v) is 12.2. The molecule has 3 aromatic heterocycles. The molecule has 0 aromatic carbocycles. The molecule has 6 nitrogen and oxygen atoms in total. The summed E-state index contributed by atoms with van der Waals surface area (Å²) in [5, 5.41) is 14.6. The van der Waals surface area contributed by atoms with E-state index in [0.29, 0.717) is 18.0 Å². The Hall–Kier alpha value is -2.21. The van der Waals surface area contributed by atoms with Crippen molar-refractivity contribution >= 4 is 5.65 Å². The molecule has 0 aliphatic carbocycles. The van der Waals surface area contributed by atoms with Crippen molar-refractivity contribution < 1.29 is 5.11 Å². The smallest absolute Gasteiger partial charge is 0.138 e. The highest BCUT2D eigenvalue weighted by molar-refractivity contribution is 5.39. The van der Waals surface area contributed by atoms with Gasteiger partial charge in [-0.25, -0.2) is 14.6 Å². The molecule has 0 fully saturated rings. The summed E-state index contributed by atoms with van der Waals surface area (Å²) in [6.07, 6.45) is 5.04. The number of aliphatic hydroxyl groups is 1. The molecule has 0 aliphatic rings. The van der Waals surface area contributed by atoms with Gasteiger partial charge in [0.25, 0.3) is 0 Å². The molecule has 1 unspecified atom stereocenters. The van der Waals surface area contributed by atoms with Crippen molar-refractivity contribution in [1.29, 1.82) is 0 Å². The van der Waals surface area contributed by atoms with E-state index in [1.54, 1.807) is 0 Å². The van der Waals surface area contributed by atoms with Crippen LogP contribution < -0.4 is 0 Å². The number of imidazole rings is 1. The molecule has 0 saturated heterocycles. The summed E-state index contributed by atoms with van der Waals surface area (Å²) in [5.41, 5.74) is 1.48. The van der Waals surface area contributed by atoms with Gasteiger partial charge in [-0.1, -0.05) is 19.9 Å². The zero-order chi connectivity index (χ0) is 14.8. The van der Waals surface area contributed by atoms with Crippen LogP contribution in [0.2, 0.25) is 0 Å². The van der Waals surface area contributed by atoms with E-state index in [0.717, 1.165) is 18.0 Å². The van der Waals surface area contributed by atoms with Crippen LogP contribution in [0.3, 0.4) is 0 Å².